The molecule has 6 heteroatoms. The van der Waals surface area contributed by atoms with Crippen LogP contribution in [0.2, 0.25) is 0 Å². The third kappa shape index (κ3) is 4.84. The van der Waals surface area contributed by atoms with Crippen molar-refractivity contribution in [3.63, 3.8) is 0 Å². The number of hydrogen-bond donors (Lipinski definition) is 3. The lowest BCUT2D eigenvalue weighted by Gasteiger charge is -2.13. The predicted molar refractivity (Wildman–Crippen MR) is 83.2 cm³/mol. The number of urea groups is 1. The van der Waals surface area contributed by atoms with Crippen LogP contribution in [0.3, 0.4) is 0 Å². The Morgan fingerprint density at radius 3 is 2.62 bits per heavy atom. The molecule has 2 rings (SSSR count). The van der Waals surface area contributed by atoms with Crippen molar-refractivity contribution in [2.75, 3.05) is 6.54 Å². The quantitative estimate of drug-likeness (QED) is 0.793. The van der Waals surface area contributed by atoms with E-state index in [0.717, 1.165) is 21.8 Å². The number of benzene rings is 1. The van der Waals surface area contributed by atoms with Gasteiger partial charge in [0.2, 0.25) is 0 Å². The molecule has 1 aromatic carbocycles. The Morgan fingerprint density at radius 1 is 1.29 bits per heavy atom. The zero-order valence-electron chi connectivity index (χ0n) is 12.1. The number of aryl methyl sites for hydroxylation is 2. The van der Waals surface area contributed by atoms with Crippen LogP contribution in [0.15, 0.2) is 29.6 Å². The summed E-state index contributed by atoms with van der Waals surface area (Å²) in [5, 5.41) is 18.2. The number of aliphatic hydroxyl groups is 1. The summed E-state index contributed by atoms with van der Waals surface area (Å²) >= 11 is 1.55. The second-order valence-corrected chi connectivity index (χ2v) is 5.91. The van der Waals surface area contributed by atoms with Crippen LogP contribution in [0.5, 0.6) is 0 Å². The Kier molecular flexibility index (Phi) is 5.30. The van der Waals surface area contributed by atoms with Crippen molar-refractivity contribution < 1.29 is 9.90 Å². The molecule has 0 radical (unpaired) electrons. The van der Waals surface area contributed by atoms with Gasteiger partial charge in [-0.1, -0.05) is 29.8 Å². The molecule has 5 nitrogen and oxygen atoms in total. The van der Waals surface area contributed by atoms with Gasteiger partial charge in [0.15, 0.2) is 0 Å². The van der Waals surface area contributed by atoms with Crippen LogP contribution in [0.25, 0.3) is 0 Å². The van der Waals surface area contributed by atoms with Crippen LogP contribution in [-0.2, 0) is 6.54 Å². The van der Waals surface area contributed by atoms with Gasteiger partial charge in [-0.2, -0.15) is 0 Å². The van der Waals surface area contributed by atoms with Crippen molar-refractivity contribution >= 4 is 17.4 Å². The third-order valence-corrected chi connectivity index (χ3v) is 3.84. The third-order valence-electron chi connectivity index (χ3n) is 3.01. The summed E-state index contributed by atoms with van der Waals surface area (Å²) in [5.74, 6) is 0. The molecule has 2 aromatic rings. The molecular formula is C15H19N3O2S. The van der Waals surface area contributed by atoms with Gasteiger partial charge >= 0.3 is 6.03 Å². The van der Waals surface area contributed by atoms with Crippen molar-refractivity contribution in [3.05, 3.63) is 51.5 Å². The van der Waals surface area contributed by atoms with Gasteiger partial charge in [0.1, 0.15) is 0 Å². The zero-order chi connectivity index (χ0) is 15.2. The van der Waals surface area contributed by atoms with E-state index in [4.69, 9.17) is 0 Å². The number of nitrogens with one attached hydrogen (secondary N) is 2. The summed E-state index contributed by atoms with van der Waals surface area (Å²) in [7, 11) is 0. The first-order valence-electron chi connectivity index (χ1n) is 6.72. The van der Waals surface area contributed by atoms with Crippen molar-refractivity contribution in [3.8, 4) is 0 Å². The normalized spacial score (nSPS) is 12.0. The molecule has 112 valence electrons. The van der Waals surface area contributed by atoms with E-state index < -0.39 is 6.10 Å². The second kappa shape index (κ2) is 7.19. The largest absolute Gasteiger partial charge is 0.387 e. The molecule has 3 N–H and O–H groups in total. The fourth-order valence-corrected chi connectivity index (χ4v) is 2.43. The van der Waals surface area contributed by atoms with Crippen LogP contribution in [0.1, 0.15) is 27.9 Å². The minimum absolute atomic E-state index is 0.172. The van der Waals surface area contributed by atoms with Gasteiger partial charge in [-0.05, 0) is 19.4 Å². The molecule has 2 amide bonds. The molecule has 1 aromatic heterocycles. The summed E-state index contributed by atoms with van der Waals surface area (Å²) < 4.78 is 0. The summed E-state index contributed by atoms with van der Waals surface area (Å²) in [6.45, 7) is 4.47. The number of thiazole rings is 1. The predicted octanol–water partition coefficient (Wildman–Crippen LogP) is 2.29. The maximum absolute atomic E-state index is 11.7. The van der Waals surface area contributed by atoms with E-state index >= 15 is 0 Å². The first-order chi connectivity index (χ1) is 10.0. The highest BCUT2D eigenvalue weighted by molar-refractivity contribution is 7.09. The molecule has 0 spiro atoms. The van der Waals surface area contributed by atoms with Crippen molar-refractivity contribution in [1.82, 2.24) is 15.6 Å². The van der Waals surface area contributed by atoms with Gasteiger partial charge in [-0.3, -0.25) is 0 Å². The molecule has 0 saturated heterocycles. The van der Waals surface area contributed by atoms with E-state index in [9.17, 15) is 9.90 Å². The molecule has 0 aliphatic heterocycles. The SMILES string of the molecule is Cc1ccc([C@H](O)CNC(=O)NCc2csc(C)n2)cc1. The molecule has 0 fully saturated rings. The van der Waals surface area contributed by atoms with Gasteiger partial charge in [-0.25, -0.2) is 9.78 Å². The standard InChI is InChI=1S/C15H19N3O2S/c1-10-3-5-12(6-4-10)14(19)8-17-15(20)16-7-13-9-21-11(2)18-13/h3-6,9,14,19H,7-8H2,1-2H3,(H2,16,17,20)/t14-/m1/s1. The molecule has 21 heavy (non-hydrogen) atoms. The fraction of sp³-hybridized carbons (Fsp3) is 0.333. The van der Waals surface area contributed by atoms with Crippen LogP contribution >= 0.6 is 11.3 Å². The number of hydrogen-bond acceptors (Lipinski definition) is 4. The van der Waals surface area contributed by atoms with Gasteiger partial charge < -0.3 is 15.7 Å². The first kappa shape index (κ1) is 15.5. The minimum Gasteiger partial charge on any atom is -0.387 e. The topological polar surface area (TPSA) is 74.2 Å². The average Bonchev–Trinajstić information content (AvgIpc) is 2.89. The molecule has 0 saturated carbocycles. The van der Waals surface area contributed by atoms with Crippen LogP contribution in [0.4, 0.5) is 4.79 Å². The lowest BCUT2D eigenvalue weighted by molar-refractivity contribution is 0.173. The molecule has 0 aliphatic rings. The van der Waals surface area contributed by atoms with Crippen molar-refractivity contribution in [1.29, 1.82) is 0 Å². The minimum atomic E-state index is -0.710. The number of carbonyl (C=O) groups excluding carboxylic acids is 1. The van der Waals surface area contributed by atoms with E-state index in [1.807, 2.05) is 43.5 Å². The molecule has 1 atom stereocenters. The van der Waals surface area contributed by atoms with E-state index in [1.54, 1.807) is 11.3 Å². The smallest absolute Gasteiger partial charge is 0.315 e. The maximum atomic E-state index is 11.7. The van der Waals surface area contributed by atoms with E-state index in [1.165, 1.54) is 0 Å². The maximum Gasteiger partial charge on any atom is 0.315 e. The Bertz CT molecular complexity index is 595. The summed E-state index contributed by atoms with van der Waals surface area (Å²) in [6, 6.07) is 7.27. The Hall–Kier alpha value is -1.92. The van der Waals surface area contributed by atoms with E-state index in [0.29, 0.717) is 6.54 Å². The molecule has 1 heterocycles. The Balaban J connectivity index is 1.74. The summed E-state index contributed by atoms with van der Waals surface area (Å²) in [6.07, 6.45) is -0.710. The second-order valence-electron chi connectivity index (χ2n) is 4.85. The van der Waals surface area contributed by atoms with Crippen LogP contribution < -0.4 is 10.6 Å². The van der Waals surface area contributed by atoms with E-state index in [2.05, 4.69) is 15.6 Å². The highest BCUT2D eigenvalue weighted by atomic mass is 32.1. The molecule has 0 bridgehead atoms. The van der Waals surface area contributed by atoms with E-state index in [-0.39, 0.29) is 12.6 Å². The van der Waals surface area contributed by atoms with Gasteiger partial charge in [0, 0.05) is 11.9 Å². The van der Waals surface area contributed by atoms with Crippen LogP contribution in [0, 0.1) is 13.8 Å². The fourth-order valence-electron chi connectivity index (χ4n) is 1.82. The molecule has 0 aliphatic carbocycles. The summed E-state index contributed by atoms with van der Waals surface area (Å²) in [5.41, 5.74) is 2.76. The number of carbonyl (C=O) groups is 1. The van der Waals surface area contributed by atoms with Crippen molar-refractivity contribution in [2.45, 2.75) is 26.5 Å². The number of nitrogens with zero attached hydrogens (tertiary/aromatic N) is 1. The van der Waals surface area contributed by atoms with Gasteiger partial charge in [0.25, 0.3) is 0 Å². The first-order valence-corrected chi connectivity index (χ1v) is 7.60. The number of aliphatic hydroxyl groups excluding tert-OH is 1. The van der Waals surface area contributed by atoms with Crippen molar-refractivity contribution in [2.24, 2.45) is 0 Å². The zero-order valence-corrected chi connectivity index (χ0v) is 12.9. The molecule has 0 unspecified atom stereocenters. The van der Waals surface area contributed by atoms with Crippen LogP contribution in [-0.4, -0.2) is 22.7 Å². The highest BCUT2D eigenvalue weighted by Crippen LogP contribution is 2.12. The Labute approximate surface area is 128 Å². The Morgan fingerprint density at radius 2 is 2.00 bits per heavy atom. The number of aromatic nitrogens is 1. The van der Waals surface area contributed by atoms with Gasteiger partial charge in [-0.15, -0.1) is 11.3 Å². The monoisotopic (exact) mass is 305 g/mol. The number of amides is 2. The summed E-state index contributed by atoms with van der Waals surface area (Å²) in [4.78, 5) is 15.9. The molecular weight excluding hydrogens is 286 g/mol. The van der Waals surface area contributed by atoms with Gasteiger partial charge in [0.05, 0.1) is 23.4 Å². The lowest BCUT2D eigenvalue weighted by atomic mass is 10.1. The number of rotatable bonds is 5. The highest BCUT2D eigenvalue weighted by Gasteiger charge is 2.09. The lowest BCUT2D eigenvalue weighted by Crippen LogP contribution is -2.37. The average molecular weight is 305 g/mol.